The number of carbonyl (C=O) groups is 1. The molecule has 0 N–H and O–H groups in total. The maximum atomic E-state index is 11.9. The zero-order valence-electron chi connectivity index (χ0n) is 8.73. The Morgan fingerprint density at radius 2 is 2.00 bits per heavy atom. The molecule has 1 unspecified atom stereocenters. The Hall–Kier alpha value is -1.37. The van der Waals surface area contributed by atoms with E-state index in [1.807, 2.05) is 56.3 Å². The molecule has 0 heterocycles. The van der Waals surface area contributed by atoms with Crippen molar-refractivity contribution in [1.82, 2.24) is 0 Å². The van der Waals surface area contributed by atoms with E-state index in [9.17, 15) is 4.79 Å². The third-order valence-corrected chi connectivity index (χ3v) is 2.26. The van der Waals surface area contributed by atoms with E-state index in [1.165, 1.54) is 0 Å². The fourth-order valence-electron chi connectivity index (χ4n) is 1.46. The topological polar surface area (TPSA) is 17.1 Å². The normalized spacial score (nSPS) is 13.0. The highest BCUT2D eigenvalue weighted by Gasteiger charge is 2.14. The van der Waals surface area contributed by atoms with Crippen molar-refractivity contribution in [3.63, 3.8) is 0 Å². The Morgan fingerprint density at radius 3 is 2.50 bits per heavy atom. The first kappa shape index (κ1) is 10.7. The van der Waals surface area contributed by atoms with Crippen molar-refractivity contribution >= 4 is 5.78 Å². The number of allylic oxidation sites excluding steroid dienone is 2. The minimum Gasteiger partial charge on any atom is -0.294 e. The van der Waals surface area contributed by atoms with Crippen LogP contribution in [-0.2, 0) is 0 Å². The molecule has 1 aromatic carbocycles. The van der Waals surface area contributed by atoms with Crippen LogP contribution in [0.4, 0.5) is 0 Å². The maximum absolute atomic E-state index is 11.9. The summed E-state index contributed by atoms with van der Waals surface area (Å²) < 4.78 is 0. The van der Waals surface area contributed by atoms with E-state index in [0.29, 0.717) is 0 Å². The summed E-state index contributed by atoms with van der Waals surface area (Å²) in [5.41, 5.74) is 0.803. The quantitative estimate of drug-likeness (QED) is 0.522. The van der Waals surface area contributed by atoms with Crippen molar-refractivity contribution in [1.29, 1.82) is 0 Å². The summed E-state index contributed by atoms with van der Waals surface area (Å²) in [6, 6.07) is 9.46. The van der Waals surface area contributed by atoms with Gasteiger partial charge in [-0.25, -0.2) is 0 Å². The van der Waals surface area contributed by atoms with E-state index in [0.717, 1.165) is 12.0 Å². The fourth-order valence-corrected chi connectivity index (χ4v) is 1.46. The van der Waals surface area contributed by atoms with Gasteiger partial charge in [-0.1, -0.05) is 49.4 Å². The molecule has 0 saturated heterocycles. The summed E-state index contributed by atoms with van der Waals surface area (Å²) >= 11 is 0. The molecule has 1 aromatic rings. The molecule has 14 heavy (non-hydrogen) atoms. The minimum absolute atomic E-state index is 0.0300. The molecule has 0 fully saturated rings. The maximum Gasteiger partial charge on any atom is 0.169 e. The Bertz CT molecular complexity index is 311. The zero-order valence-corrected chi connectivity index (χ0v) is 8.73. The number of hydrogen-bond donors (Lipinski definition) is 0. The number of ketones is 1. The van der Waals surface area contributed by atoms with Gasteiger partial charge < -0.3 is 0 Å². The van der Waals surface area contributed by atoms with Crippen LogP contribution in [0.25, 0.3) is 0 Å². The molecule has 0 saturated carbocycles. The molecule has 1 heteroatoms. The average molecular weight is 188 g/mol. The lowest BCUT2D eigenvalue weighted by Crippen LogP contribution is -2.11. The zero-order chi connectivity index (χ0) is 10.4. The summed E-state index contributed by atoms with van der Waals surface area (Å²) in [7, 11) is 0. The van der Waals surface area contributed by atoms with Gasteiger partial charge in [0, 0.05) is 11.5 Å². The van der Waals surface area contributed by atoms with Crippen LogP contribution in [0.15, 0.2) is 42.5 Å². The van der Waals surface area contributed by atoms with Crippen molar-refractivity contribution in [2.24, 2.45) is 5.92 Å². The molecule has 0 aliphatic rings. The van der Waals surface area contributed by atoms with Gasteiger partial charge in [0.05, 0.1) is 0 Å². The van der Waals surface area contributed by atoms with Crippen molar-refractivity contribution in [3.8, 4) is 0 Å². The minimum atomic E-state index is 0.0300. The molecule has 0 spiro atoms. The van der Waals surface area contributed by atoms with Crippen molar-refractivity contribution < 1.29 is 4.79 Å². The molecule has 0 bridgehead atoms. The molecule has 74 valence electrons. The smallest absolute Gasteiger partial charge is 0.169 e. The van der Waals surface area contributed by atoms with Gasteiger partial charge >= 0.3 is 0 Å². The SMILES string of the molecule is C/C=C\C(CC)C(=O)c1ccccc1. The molecular weight excluding hydrogens is 172 g/mol. The summed E-state index contributed by atoms with van der Waals surface area (Å²) in [6.45, 7) is 3.98. The molecule has 0 radical (unpaired) electrons. The first-order valence-electron chi connectivity index (χ1n) is 5.01. The second-order valence-corrected chi connectivity index (χ2v) is 3.27. The van der Waals surface area contributed by atoms with Crippen LogP contribution in [0.2, 0.25) is 0 Å². The lowest BCUT2D eigenvalue weighted by Gasteiger charge is -2.08. The van der Waals surface area contributed by atoms with Gasteiger partial charge in [-0.15, -0.1) is 0 Å². The first-order valence-corrected chi connectivity index (χ1v) is 5.01. The average Bonchev–Trinajstić information content (AvgIpc) is 2.26. The first-order chi connectivity index (χ1) is 6.79. The molecule has 1 rings (SSSR count). The molecule has 1 nitrogen and oxygen atoms in total. The Kier molecular flexibility index (Phi) is 4.11. The second kappa shape index (κ2) is 5.38. The van der Waals surface area contributed by atoms with Gasteiger partial charge in [-0.2, -0.15) is 0 Å². The van der Waals surface area contributed by atoms with E-state index in [4.69, 9.17) is 0 Å². The van der Waals surface area contributed by atoms with Gasteiger partial charge in [-0.05, 0) is 13.3 Å². The highest BCUT2D eigenvalue weighted by atomic mass is 16.1. The Labute approximate surface area is 85.5 Å². The molecule has 0 aromatic heterocycles. The third-order valence-electron chi connectivity index (χ3n) is 2.26. The second-order valence-electron chi connectivity index (χ2n) is 3.27. The van der Waals surface area contributed by atoms with Crippen LogP contribution in [0.5, 0.6) is 0 Å². The predicted octanol–water partition coefficient (Wildman–Crippen LogP) is 3.47. The summed E-state index contributed by atoms with van der Waals surface area (Å²) in [6.07, 6.45) is 4.77. The van der Waals surface area contributed by atoms with E-state index in [1.54, 1.807) is 0 Å². The number of Topliss-reactive ketones (excluding diaryl/α,β-unsaturated/α-hetero) is 1. The standard InChI is InChI=1S/C13H16O/c1-3-8-11(4-2)13(14)12-9-6-5-7-10-12/h3,5-11H,4H2,1-2H3/b8-3-. The number of benzene rings is 1. The summed E-state index contributed by atoms with van der Waals surface area (Å²) in [5, 5.41) is 0. The Balaban J connectivity index is 2.83. The number of rotatable bonds is 4. The summed E-state index contributed by atoms with van der Waals surface area (Å²) in [5.74, 6) is 0.244. The molecule has 0 amide bonds. The van der Waals surface area contributed by atoms with Crippen molar-refractivity contribution in [3.05, 3.63) is 48.0 Å². The van der Waals surface area contributed by atoms with Crippen LogP contribution >= 0.6 is 0 Å². The van der Waals surface area contributed by atoms with Gasteiger partial charge in [0.25, 0.3) is 0 Å². The fraction of sp³-hybridized carbons (Fsp3) is 0.308. The lowest BCUT2D eigenvalue weighted by atomic mass is 9.95. The van der Waals surface area contributed by atoms with Crippen LogP contribution in [0.1, 0.15) is 30.6 Å². The lowest BCUT2D eigenvalue weighted by molar-refractivity contribution is 0.0943. The van der Waals surface area contributed by atoms with E-state index in [2.05, 4.69) is 0 Å². The Morgan fingerprint density at radius 1 is 1.36 bits per heavy atom. The molecule has 1 atom stereocenters. The van der Waals surface area contributed by atoms with E-state index >= 15 is 0 Å². The van der Waals surface area contributed by atoms with E-state index < -0.39 is 0 Å². The van der Waals surface area contributed by atoms with Gasteiger partial charge in [0.1, 0.15) is 0 Å². The predicted molar refractivity (Wildman–Crippen MR) is 59.4 cm³/mol. The van der Waals surface area contributed by atoms with Gasteiger partial charge in [0.15, 0.2) is 5.78 Å². The van der Waals surface area contributed by atoms with Crippen LogP contribution in [-0.4, -0.2) is 5.78 Å². The van der Waals surface area contributed by atoms with Crippen molar-refractivity contribution in [2.45, 2.75) is 20.3 Å². The van der Waals surface area contributed by atoms with E-state index in [-0.39, 0.29) is 11.7 Å². The third kappa shape index (κ3) is 2.56. The van der Waals surface area contributed by atoms with Crippen LogP contribution in [0.3, 0.4) is 0 Å². The monoisotopic (exact) mass is 188 g/mol. The number of carbonyl (C=O) groups excluding carboxylic acids is 1. The van der Waals surface area contributed by atoms with Crippen molar-refractivity contribution in [2.75, 3.05) is 0 Å². The number of hydrogen-bond acceptors (Lipinski definition) is 1. The van der Waals surface area contributed by atoms with Crippen LogP contribution in [0, 0.1) is 5.92 Å². The van der Waals surface area contributed by atoms with Gasteiger partial charge in [0.2, 0.25) is 0 Å². The highest BCUT2D eigenvalue weighted by Crippen LogP contribution is 2.13. The summed E-state index contributed by atoms with van der Waals surface area (Å²) in [4.78, 5) is 11.9. The largest absolute Gasteiger partial charge is 0.294 e. The molecular formula is C13H16O. The molecule has 0 aliphatic heterocycles. The van der Waals surface area contributed by atoms with Gasteiger partial charge in [-0.3, -0.25) is 4.79 Å². The molecule has 0 aliphatic carbocycles. The highest BCUT2D eigenvalue weighted by molar-refractivity contribution is 5.98. The van der Waals surface area contributed by atoms with Crippen LogP contribution < -0.4 is 0 Å².